The van der Waals surface area contributed by atoms with E-state index in [1.165, 1.54) is 0 Å². The molecule has 3 aromatic rings. The van der Waals surface area contributed by atoms with E-state index in [0.29, 0.717) is 6.54 Å². The molecule has 1 amide bonds. The number of pyridine rings is 1. The van der Waals surface area contributed by atoms with Crippen LogP contribution >= 0.6 is 11.3 Å². The van der Waals surface area contributed by atoms with Gasteiger partial charge in [0.15, 0.2) is 5.13 Å². The lowest BCUT2D eigenvalue weighted by Crippen LogP contribution is -2.40. The SMILES string of the molecule is CC(C)Oc1ccc(CNC(=O)C2CCN(c3nc4cccnc4s3)CC2)cc1. The summed E-state index contributed by atoms with van der Waals surface area (Å²) in [4.78, 5) is 24.9. The van der Waals surface area contributed by atoms with Crippen molar-refractivity contribution in [3.63, 3.8) is 0 Å². The molecule has 152 valence electrons. The second-order valence-corrected chi connectivity index (χ2v) is 8.57. The minimum atomic E-state index is 0.0577. The topological polar surface area (TPSA) is 67.3 Å². The van der Waals surface area contributed by atoms with Crippen LogP contribution in [-0.2, 0) is 11.3 Å². The molecule has 29 heavy (non-hydrogen) atoms. The summed E-state index contributed by atoms with van der Waals surface area (Å²) in [5, 5.41) is 4.08. The Morgan fingerprint density at radius 3 is 2.69 bits per heavy atom. The van der Waals surface area contributed by atoms with Crippen LogP contribution in [0.2, 0.25) is 0 Å². The molecule has 0 aliphatic carbocycles. The summed E-state index contributed by atoms with van der Waals surface area (Å²) >= 11 is 1.62. The predicted molar refractivity (Wildman–Crippen MR) is 116 cm³/mol. The van der Waals surface area contributed by atoms with Crippen molar-refractivity contribution >= 4 is 32.7 Å². The summed E-state index contributed by atoms with van der Waals surface area (Å²) in [5.74, 6) is 1.05. The Morgan fingerprint density at radius 1 is 1.24 bits per heavy atom. The molecule has 0 bridgehead atoms. The van der Waals surface area contributed by atoms with E-state index in [4.69, 9.17) is 4.74 Å². The number of hydrogen-bond donors (Lipinski definition) is 1. The number of benzene rings is 1. The highest BCUT2D eigenvalue weighted by atomic mass is 32.1. The van der Waals surface area contributed by atoms with Crippen LogP contribution in [0.15, 0.2) is 42.6 Å². The van der Waals surface area contributed by atoms with Crippen molar-refractivity contribution in [2.45, 2.75) is 39.3 Å². The smallest absolute Gasteiger partial charge is 0.223 e. The second-order valence-electron chi connectivity index (χ2n) is 7.61. The third-order valence-corrected chi connectivity index (χ3v) is 6.09. The van der Waals surface area contributed by atoms with Crippen molar-refractivity contribution < 1.29 is 9.53 Å². The molecule has 6 nitrogen and oxygen atoms in total. The van der Waals surface area contributed by atoms with E-state index in [9.17, 15) is 4.79 Å². The van der Waals surface area contributed by atoms with Crippen LogP contribution < -0.4 is 15.0 Å². The zero-order valence-electron chi connectivity index (χ0n) is 16.8. The molecule has 3 heterocycles. The van der Waals surface area contributed by atoms with E-state index in [1.807, 2.05) is 50.2 Å². The van der Waals surface area contributed by atoms with Gasteiger partial charge >= 0.3 is 0 Å². The van der Waals surface area contributed by atoms with Gasteiger partial charge < -0.3 is 15.0 Å². The summed E-state index contributed by atoms with van der Waals surface area (Å²) in [5.41, 5.74) is 2.02. The third-order valence-electron chi connectivity index (χ3n) is 5.05. The van der Waals surface area contributed by atoms with E-state index < -0.39 is 0 Å². The largest absolute Gasteiger partial charge is 0.491 e. The standard InChI is InChI=1S/C22H26N4O2S/c1-15(2)28-18-7-5-16(6-8-18)14-24-20(27)17-9-12-26(13-10-17)22-25-19-4-3-11-23-21(19)29-22/h3-8,11,15,17H,9-10,12-14H2,1-2H3,(H,24,27). The Balaban J connectivity index is 1.26. The molecule has 1 N–H and O–H groups in total. The maximum absolute atomic E-state index is 12.6. The molecule has 0 atom stereocenters. The first-order valence-corrected chi connectivity index (χ1v) is 10.9. The number of nitrogens with zero attached hydrogens (tertiary/aromatic N) is 3. The molecule has 0 spiro atoms. The number of hydrogen-bond acceptors (Lipinski definition) is 6. The molecule has 1 aliphatic rings. The molecule has 4 rings (SSSR count). The Bertz CT molecular complexity index is 929. The van der Waals surface area contributed by atoms with Gasteiger partial charge in [-0.15, -0.1) is 0 Å². The predicted octanol–water partition coefficient (Wildman–Crippen LogP) is 4.01. The maximum atomic E-state index is 12.6. The zero-order valence-corrected chi connectivity index (χ0v) is 17.6. The lowest BCUT2D eigenvalue weighted by molar-refractivity contribution is -0.125. The summed E-state index contributed by atoms with van der Waals surface area (Å²) in [6.45, 7) is 6.25. The number of piperidine rings is 1. The van der Waals surface area contributed by atoms with Gasteiger partial charge in [-0.1, -0.05) is 23.5 Å². The van der Waals surface area contributed by atoms with Crippen LogP contribution in [-0.4, -0.2) is 35.1 Å². The Morgan fingerprint density at radius 2 is 2.00 bits per heavy atom. The Labute approximate surface area is 174 Å². The summed E-state index contributed by atoms with van der Waals surface area (Å²) < 4.78 is 5.66. The number of nitrogens with one attached hydrogen (secondary N) is 1. The van der Waals surface area contributed by atoms with Gasteiger partial charge in [-0.3, -0.25) is 4.79 Å². The van der Waals surface area contributed by atoms with Gasteiger partial charge in [0.2, 0.25) is 5.91 Å². The van der Waals surface area contributed by atoms with Crippen LogP contribution in [0.3, 0.4) is 0 Å². The van der Waals surface area contributed by atoms with Crippen molar-refractivity contribution in [1.29, 1.82) is 0 Å². The van der Waals surface area contributed by atoms with Gasteiger partial charge in [-0.05, 0) is 56.5 Å². The van der Waals surface area contributed by atoms with Gasteiger partial charge in [-0.25, -0.2) is 9.97 Å². The molecule has 0 radical (unpaired) electrons. The summed E-state index contributed by atoms with van der Waals surface area (Å²) in [6, 6.07) is 11.8. The van der Waals surface area contributed by atoms with Gasteiger partial charge in [0.25, 0.3) is 0 Å². The van der Waals surface area contributed by atoms with Crippen molar-refractivity contribution in [1.82, 2.24) is 15.3 Å². The molecule has 1 saturated heterocycles. The number of fused-ring (bicyclic) bond motifs is 1. The minimum absolute atomic E-state index is 0.0577. The lowest BCUT2D eigenvalue weighted by Gasteiger charge is -2.31. The molecule has 1 fully saturated rings. The number of ether oxygens (including phenoxy) is 1. The first-order chi connectivity index (χ1) is 14.1. The zero-order chi connectivity index (χ0) is 20.2. The number of thiazole rings is 1. The fourth-order valence-corrected chi connectivity index (χ4v) is 4.48. The molecule has 7 heteroatoms. The molecular formula is C22H26N4O2S. The number of aromatic nitrogens is 2. The molecular weight excluding hydrogens is 384 g/mol. The van der Waals surface area contributed by atoms with E-state index >= 15 is 0 Å². The number of amides is 1. The minimum Gasteiger partial charge on any atom is -0.491 e. The number of carbonyl (C=O) groups excluding carboxylic acids is 1. The highest BCUT2D eigenvalue weighted by Gasteiger charge is 2.26. The van der Waals surface area contributed by atoms with Crippen molar-refractivity contribution in [3.8, 4) is 5.75 Å². The summed E-state index contributed by atoms with van der Waals surface area (Å²) in [6.07, 6.45) is 3.64. The van der Waals surface area contributed by atoms with Crippen LogP contribution in [0.4, 0.5) is 5.13 Å². The van der Waals surface area contributed by atoms with Crippen LogP contribution in [0.1, 0.15) is 32.3 Å². The average molecular weight is 411 g/mol. The maximum Gasteiger partial charge on any atom is 0.223 e. The Kier molecular flexibility index (Phi) is 5.94. The van der Waals surface area contributed by atoms with Gasteiger partial charge in [0, 0.05) is 31.7 Å². The number of carbonyl (C=O) groups is 1. The third kappa shape index (κ3) is 4.85. The van der Waals surface area contributed by atoms with E-state index in [0.717, 1.165) is 52.7 Å². The van der Waals surface area contributed by atoms with Crippen molar-refractivity contribution in [2.24, 2.45) is 5.92 Å². The van der Waals surface area contributed by atoms with Gasteiger partial charge in [0.1, 0.15) is 16.1 Å². The Hall–Kier alpha value is -2.67. The highest BCUT2D eigenvalue weighted by Crippen LogP contribution is 2.30. The van der Waals surface area contributed by atoms with Gasteiger partial charge in [0.05, 0.1) is 6.10 Å². The second kappa shape index (κ2) is 8.78. The molecule has 1 aliphatic heterocycles. The molecule has 0 saturated carbocycles. The lowest BCUT2D eigenvalue weighted by atomic mass is 9.96. The van der Waals surface area contributed by atoms with Crippen molar-refractivity contribution in [2.75, 3.05) is 18.0 Å². The number of anilines is 1. The van der Waals surface area contributed by atoms with Crippen LogP contribution in [0.5, 0.6) is 5.75 Å². The monoisotopic (exact) mass is 410 g/mol. The molecule has 0 unspecified atom stereocenters. The normalized spacial score (nSPS) is 15.1. The molecule has 1 aromatic carbocycles. The van der Waals surface area contributed by atoms with E-state index in [-0.39, 0.29) is 17.9 Å². The van der Waals surface area contributed by atoms with Crippen molar-refractivity contribution in [3.05, 3.63) is 48.2 Å². The van der Waals surface area contributed by atoms with E-state index in [1.54, 1.807) is 17.5 Å². The molecule has 2 aromatic heterocycles. The fourth-order valence-electron chi connectivity index (χ4n) is 3.52. The van der Waals surface area contributed by atoms with Crippen LogP contribution in [0, 0.1) is 5.92 Å². The average Bonchev–Trinajstić information content (AvgIpc) is 3.17. The van der Waals surface area contributed by atoms with Gasteiger partial charge in [-0.2, -0.15) is 0 Å². The fraction of sp³-hybridized carbons (Fsp3) is 0.409. The van der Waals surface area contributed by atoms with E-state index in [2.05, 4.69) is 20.2 Å². The quantitative estimate of drug-likeness (QED) is 0.665. The number of rotatable bonds is 6. The van der Waals surface area contributed by atoms with Crippen LogP contribution in [0.25, 0.3) is 10.3 Å². The first kappa shape index (κ1) is 19.6. The first-order valence-electron chi connectivity index (χ1n) is 10.1. The summed E-state index contributed by atoms with van der Waals surface area (Å²) in [7, 11) is 0. The highest BCUT2D eigenvalue weighted by molar-refractivity contribution is 7.21.